The lowest BCUT2D eigenvalue weighted by atomic mass is 10.0. The van der Waals surface area contributed by atoms with E-state index in [1.54, 1.807) is 0 Å². The van der Waals surface area contributed by atoms with E-state index in [1.165, 1.54) is 308 Å². The first-order valence-electron chi connectivity index (χ1n) is 36.3. The van der Waals surface area contributed by atoms with Gasteiger partial charge in [0, 0.05) is 19.3 Å². The molecule has 0 aliphatic heterocycles. The standard InChI is InChI=1S/C74H140O6/c1-4-7-10-13-16-19-22-25-28-30-32-33-34-35-36-37-38-39-40-41-42-44-46-49-52-55-58-61-64-67-73(76)79-70-71(69-78-72(75)66-63-60-57-54-51-48-45-27-24-21-18-15-12-9-6-3)80-74(77)68-65-62-59-56-53-50-47-43-31-29-26-23-20-17-14-11-8-5-2/h22,25,30,32,71H,4-21,23-24,26-29,31,33-70H2,1-3H3/b25-22-,32-30-. The van der Waals surface area contributed by atoms with Gasteiger partial charge in [-0.3, -0.25) is 14.4 Å². The van der Waals surface area contributed by atoms with Gasteiger partial charge in [-0.1, -0.05) is 366 Å². The minimum atomic E-state index is -0.766. The summed E-state index contributed by atoms with van der Waals surface area (Å²) in [5.41, 5.74) is 0. The van der Waals surface area contributed by atoms with Crippen molar-refractivity contribution in [3.8, 4) is 0 Å². The van der Waals surface area contributed by atoms with Gasteiger partial charge in [-0.05, 0) is 51.4 Å². The van der Waals surface area contributed by atoms with E-state index in [0.717, 1.165) is 64.2 Å². The monoisotopic (exact) mass is 1130 g/mol. The molecule has 0 fully saturated rings. The van der Waals surface area contributed by atoms with Gasteiger partial charge in [0.2, 0.25) is 0 Å². The minimum absolute atomic E-state index is 0.0630. The van der Waals surface area contributed by atoms with Crippen molar-refractivity contribution in [3.63, 3.8) is 0 Å². The fourth-order valence-electron chi connectivity index (χ4n) is 11.2. The molecule has 1 atom stereocenters. The van der Waals surface area contributed by atoms with Crippen LogP contribution in [0.1, 0.15) is 412 Å². The highest BCUT2D eigenvalue weighted by molar-refractivity contribution is 5.71. The van der Waals surface area contributed by atoms with Crippen LogP contribution >= 0.6 is 0 Å². The molecule has 80 heavy (non-hydrogen) atoms. The van der Waals surface area contributed by atoms with Crippen molar-refractivity contribution in [2.24, 2.45) is 0 Å². The molecule has 0 N–H and O–H groups in total. The van der Waals surface area contributed by atoms with Gasteiger partial charge in [0.15, 0.2) is 6.10 Å². The number of carbonyl (C=O) groups excluding carboxylic acids is 3. The van der Waals surface area contributed by atoms with Crippen molar-refractivity contribution in [1.82, 2.24) is 0 Å². The Bertz CT molecular complexity index is 1290. The SMILES string of the molecule is CCCCCCC/C=C\C/C=C\CCCCCCCCCCCCCCCCCCCC(=O)OCC(COC(=O)CCCCCCCCCCCCCCCCC)OC(=O)CCCCCCCCCCCCCCCCCCCC. The molecule has 6 heteroatoms. The van der Waals surface area contributed by atoms with Crippen LogP contribution in [-0.4, -0.2) is 37.2 Å². The molecular weight excluding hydrogens is 985 g/mol. The summed E-state index contributed by atoms with van der Waals surface area (Å²) in [4.78, 5) is 38.5. The number of carbonyl (C=O) groups is 3. The third-order valence-corrected chi connectivity index (χ3v) is 16.7. The molecule has 0 saturated heterocycles. The Morgan fingerprint density at radius 2 is 0.450 bits per heavy atom. The van der Waals surface area contributed by atoms with Crippen LogP contribution in [0, 0.1) is 0 Å². The molecule has 0 aromatic rings. The second-order valence-corrected chi connectivity index (χ2v) is 24.9. The molecule has 6 nitrogen and oxygen atoms in total. The summed E-state index contributed by atoms with van der Waals surface area (Å²) < 4.78 is 17.0. The van der Waals surface area contributed by atoms with Crippen LogP contribution in [-0.2, 0) is 28.6 Å². The van der Waals surface area contributed by atoms with Crippen LogP contribution in [0.4, 0.5) is 0 Å². The van der Waals surface area contributed by atoms with E-state index in [4.69, 9.17) is 14.2 Å². The van der Waals surface area contributed by atoms with Crippen LogP contribution in [0.3, 0.4) is 0 Å². The maximum Gasteiger partial charge on any atom is 0.306 e. The molecule has 472 valence electrons. The summed E-state index contributed by atoms with van der Waals surface area (Å²) in [6.45, 7) is 6.72. The second-order valence-electron chi connectivity index (χ2n) is 24.9. The maximum atomic E-state index is 12.9. The average molecular weight is 1130 g/mol. The first kappa shape index (κ1) is 77.9. The van der Waals surface area contributed by atoms with Crippen LogP contribution < -0.4 is 0 Å². The Kier molecular flexibility index (Phi) is 67.6. The zero-order chi connectivity index (χ0) is 57.8. The highest BCUT2D eigenvalue weighted by atomic mass is 16.6. The van der Waals surface area contributed by atoms with Gasteiger partial charge in [-0.2, -0.15) is 0 Å². The molecule has 0 saturated carbocycles. The number of rotatable bonds is 68. The second kappa shape index (κ2) is 69.4. The lowest BCUT2D eigenvalue weighted by molar-refractivity contribution is -0.167. The van der Waals surface area contributed by atoms with Gasteiger partial charge in [-0.15, -0.1) is 0 Å². The lowest BCUT2D eigenvalue weighted by Gasteiger charge is -2.18. The average Bonchev–Trinajstić information content (AvgIpc) is 3.46. The molecule has 0 radical (unpaired) electrons. The number of hydrogen-bond donors (Lipinski definition) is 0. The van der Waals surface area contributed by atoms with Crippen molar-refractivity contribution < 1.29 is 28.6 Å². The van der Waals surface area contributed by atoms with E-state index in [1.807, 2.05) is 0 Å². The van der Waals surface area contributed by atoms with Crippen molar-refractivity contribution >= 4 is 17.9 Å². The van der Waals surface area contributed by atoms with Crippen LogP contribution in [0.2, 0.25) is 0 Å². The zero-order valence-corrected chi connectivity index (χ0v) is 54.4. The quantitative estimate of drug-likeness (QED) is 0.0261. The normalized spacial score (nSPS) is 12.1. The van der Waals surface area contributed by atoms with E-state index >= 15 is 0 Å². The largest absolute Gasteiger partial charge is 0.462 e. The van der Waals surface area contributed by atoms with Crippen LogP contribution in [0.15, 0.2) is 24.3 Å². The molecule has 0 aliphatic rings. The molecule has 0 heterocycles. The summed E-state index contributed by atoms with van der Waals surface area (Å²) in [6, 6.07) is 0. The molecule has 0 aliphatic carbocycles. The first-order valence-corrected chi connectivity index (χ1v) is 36.3. The van der Waals surface area contributed by atoms with Gasteiger partial charge in [0.1, 0.15) is 13.2 Å². The molecule has 0 rings (SSSR count). The topological polar surface area (TPSA) is 78.9 Å². The van der Waals surface area contributed by atoms with Crippen molar-refractivity contribution in [1.29, 1.82) is 0 Å². The Morgan fingerprint density at radius 1 is 0.250 bits per heavy atom. The van der Waals surface area contributed by atoms with E-state index in [0.29, 0.717) is 19.3 Å². The number of ether oxygens (including phenoxy) is 3. The van der Waals surface area contributed by atoms with Crippen molar-refractivity contribution in [3.05, 3.63) is 24.3 Å². The van der Waals surface area contributed by atoms with Gasteiger partial charge < -0.3 is 14.2 Å². The fraction of sp³-hybridized carbons (Fsp3) is 0.905. The maximum absolute atomic E-state index is 12.9. The highest BCUT2D eigenvalue weighted by Gasteiger charge is 2.19. The third-order valence-electron chi connectivity index (χ3n) is 16.7. The first-order chi connectivity index (χ1) is 39.5. The lowest BCUT2D eigenvalue weighted by Crippen LogP contribution is -2.30. The van der Waals surface area contributed by atoms with Gasteiger partial charge in [0.25, 0.3) is 0 Å². The van der Waals surface area contributed by atoms with Gasteiger partial charge in [-0.25, -0.2) is 0 Å². The molecule has 0 aromatic carbocycles. The number of allylic oxidation sites excluding steroid dienone is 4. The molecule has 0 bridgehead atoms. The Hall–Kier alpha value is -2.11. The van der Waals surface area contributed by atoms with Crippen LogP contribution in [0.5, 0.6) is 0 Å². The molecule has 0 amide bonds. The van der Waals surface area contributed by atoms with E-state index < -0.39 is 6.10 Å². The molecule has 0 aromatic heterocycles. The van der Waals surface area contributed by atoms with E-state index in [-0.39, 0.29) is 31.1 Å². The number of hydrogen-bond acceptors (Lipinski definition) is 6. The zero-order valence-electron chi connectivity index (χ0n) is 54.4. The Balaban J connectivity index is 4.19. The summed E-state index contributed by atoms with van der Waals surface area (Å²) >= 11 is 0. The third kappa shape index (κ3) is 66.7. The Labute approximate surface area is 500 Å². The number of unbranched alkanes of at least 4 members (excludes halogenated alkanes) is 53. The molecular formula is C74H140O6. The summed E-state index contributed by atoms with van der Waals surface area (Å²) in [6.07, 6.45) is 85.0. The summed E-state index contributed by atoms with van der Waals surface area (Å²) in [5.74, 6) is -0.826. The number of esters is 3. The van der Waals surface area contributed by atoms with Gasteiger partial charge >= 0.3 is 17.9 Å². The smallest absolute Gasteiger partial charge is 0.306 e. The highest BCUT2D eigenvalue weighted by Crippen LogP contribution is 2.19. The van der Waals surface area contributed by atoms with Crippen LogP contribution in [0.25, 0.3) is 0 Å². The predicted molar refractivity (Wildman–Crippen MR) is 349 cm³/mol. The summed E-state index contributed by atoms with van der Waals surface area (Å²) in [5, 5.41) is 0. The minimum Gasteiger partial charge on any atom is -0.462 e. The van der Waals surface area contributed by atoms with E-state index in [2.05, 4.69) is 45.1 Å². The fourth-order valence-corrected chi connectivity index (χ4v) is 11.2. The van der Waals surface area contributed by atoms with Gasteiger partial charge in [0.05, 0.1) is 0 Å². The van der Waals surface area contributed by atoms with E-state index in [9.17, 15) is 14.4 Å². The molecule has 0 spiro atoms. The van der Waals surface area contributed by atoms with Crippen molar-refractivity contribution in [2.45, 2.75) is 419 Å². The Morgan fingerprint density at radius 3 is 0.688 bits per heavy atom. The molecule has 1 unspecified atom stereocenters. The summed E-state index contributed by atoms with van der Waals surface area (Å²) in [7, 11) is 0. The predicted octanol–water partition coefficient (Wildman–Crippen LogP) is 25.0. The van der Waals surface area contributed by atoms with Crippen molar-refractivity contribution in [2.75, 3.05) is 13.2 Å².